The summed E-state index contributed by atoms with van der Waals surface area (Å²) in [6.45, 7) is 11.1. The molecule has 0 spiro atoms. The topological polar surface area (TPSA) is 64.7 Å². The number of rotatable bonds is 10. The second-order valence-corrected chi connectivity index (χ2v) is 8.35. The molecule has 0 aliphatic carbocycles. The number of hydrogen-bond acceptors (Lipinski definition) is 4. The molecule has 0 aromatic heterocycles. The number of benzene rings is 2. The number of carbonyl (C=O) groups excluding carboxylic acids is 2. The largest absolute Gasteiger partial charge is 0.370 e. The monoisotopic (exact) mass is 442 g/mol. The molecule has 32 heavy (non-hydrogen) atoms. The third-order valence-corrected chi connectivity index (χ3v) is 5.60. The molecule has 2 rings (SSSR count). The van der Waals surface area contributed by atoms with E-state index in [9.17, 15) is 14.0 Å². The Morgan fingerprint density at radius 3 is 2.25 bits per heavy atom. The van der Waals surface area contributed by atoms with Gasteiger partial charge < -0.3 is 15.5 Å². The summed E-state index contributed by atoms with van der Waals surface area (Å²) in [5.41, 5.74) is 3.77. The molecule has 0 fully saturated rings. The van der Waals surface area contributed by atoms with Gasteiger partial charge in [-0.1, -0.05) is 25.1 Å². The molecule has 0 atom stereocenters. The zero-order chi connectivity index (χ0) is 23.8. The lowest BCUT2D eigenvalue weighted by atomic mass is 10.1. The van der Waals surface area contributed by atoms with Gasteiger partial charge >= 0.3 is 0 Å². The lowest BCUT2D eigenvalue weighted by Crippen LogP contribution is -2.35. The Morgan fingerprint density at radius 2 is 1.69 bits per heavy atom. The summed E-state index contributed by atoms with van der Waals surface area (Å²) in [5, 5.41) is 5.71. The summed E-state index contributed by atoms with van der Waals surface area (Å²) >= 11 is 0. The van der Waals surface area contributed by atoms with Crippen molar-refractivity contribution in [3.8, 4) is 0 Å². The molecule has 0 unspecified atom stereocenters. The molecule has 0 aliphatic heterocycles. The summed E-state index contributed by atoms with van der Waals surface area (Å²) in [6, 6.07) is 10.7. The van der Waals surface area contributed by atoms with Gasteiger partial charge in [-0.25, -0.2) is 4.39 Å². The van der Waals surface area contributed by atoms with Crippen LogP contribution < -0.4 is 15.5 Å². The highest BCUT2D eigenvalue weighted by Gasteiger charge is 2.15. The SMILES string of the molecule is CCN(CCC(=O)Nc1ccc(N(C)C(C)C)c(F)c1)CC(=O)Nc1c(C)cccc1C. The van der Waals surface area contributed by atoms with Crippen molar-refractivity contribution < 1.29 is 14.0 Å². The molecular formula is C25H35FN4O2. The number of carbonyl (C=O) groups is 2. The van der Waals surface area contributed by atoms with Gasteiger partial charge in [-0.2, -0.15) is 0 Å². The molecule has 2 aromatic rings. The average molecular weight is 443 g/mol. The summed E-state index contributed by atoms with van der Waals surface area (Å²) in [4.78, 5) is 28.6. The second-order valence-electron chi connectivity index (χ2n) is 8.35. The molecule has 174 valence electrons. The molecule has 2 aromatic carbocycles. The summed E-state index contributed by atoms with van der Waals surface area (Å²) < 4.78 is 14.4. The van der Waals surface area contributed by atoms with E-state index in [0.717, 1.165) is 16.8 Å². The first-order valence-electron chi connectivity index (χ1n) is 11.0. The summed E-state index contributed by atoms with van der Waals surface area (Å²) in [5.74, 6) is -0.711. The van der Waals surface area contributed by atoms with Crippen molar-refractivity contribution in [1.82, 2.24) is 4.90 Å². The highest BCUT2D eigenvalue weighted by molar-refractivity contribution is 5.94. The van der Waals surface area contributed by atoms with Crippen LogP contribution in [0.1, 0.15) is 38.3 Å². The zero-order valence-corrected chi connectivity index (χ0v) is 20.0. The molecule has 2 amide bonds. The van der Waals surface area contributed by atoms with Crippen LogP contribution in [0.15, 0.2) is 36.4 Å². The molecule has 6 nitrogen and oxygen atoms in total. The Kier molecular flexibility index (Phi) is 9.20. The van der Waals surface area contributed by atoms with Crippen LogP contribution in [-0.4, -0.2) is 49.4 Å². The van der Waals surface area contributed by atoms with Crippen LogP contribution in [0.5, 0.6) is 0 Å². The maximum absolute atomic E-state index is 14.4. The van der Waals surface area contributed by atoms with Gasteiger partial charge in [-0.15, -0.1) is 0 Å². The lowest BCUT2D eigenvalue weighted by molar-refractivity contribution is -0.119. The predicted molar refractivity (Wildman–Crippen MR) is 130 cm³/mol. The Labute approximate surface area is 190 Å². The van der Waals surface area contributed by atoms with Crippen molar-refractivity contribution in [2.45, 2.75) is 47.1 Å². The number of amides is 2. The van der Waals surface area contributed by atoms with Crippen molar-refractivity contribution >= 4 is 28.9 Å². The normalized spacial score (nSPS) is 11.0. The minimum absolute atomic E-state index is 0.114. The van der Waals surface area contributed by atoms with Gasteiger partial charge in [0.1, 0.15) is 5.82 Å². The zero-order valence-electron chi connectivity index (χ0n) is 20.0. The van der Waals surface area contributed by atoms with E-state index >= 15 is 0 Å². The maximum atomic E-state index is 14.4. The molecule has 7 heteroatoms. The molecule has 0 heterocycles. The Hall–Kier alpha value is -2.93. The first-order valence-corrected chi connectivity index (χ1v) is 11.0. The number of hydrogen-bond donors (Lipinski definition) is 2. The van der Waals surface area contributed by atoms with Gasteiger partial charge in [-0.3, -0.25) is 14.5 Å². The van der Waals surface area contributed by atoms with Crippen molar-refractivity contribution in [3.63, 3.8) is 0 Å². The third-order valence-electron chi connectivity index (χ3n) is 5.60. The number of nitrogens with zero attached hydrogens (tertiary/aromatic N) is 2. The summed E-state index contributed by atoms with van der Waals surface area (Å²) in [6.07, 6.45) is 0.208. The number of halogens is 1. The second kappa shape index (κ2) is 11.6. The van der Waals surface area contributed by atoms with E-state index in [1.807, 2.05) is 69.7 Å². The number of anilines is 3. The highest BCUT2D eigenvalue weighted by atomic mass is 19.1. The van der Waals surface area contributed by atoms with Crippen LogP contribution in [0.4, 0.5) is 21.5 Å². The smallest absolute Gasteiger partial charge is 0.238 e. The number of para-hydroxylation sites is 1. The minimum atomic E-state index is -0.377. The van der Waals surface area contributed by atoms with E-state index in [2.05, 4.69) is 10.6 Å². The van der Waals surface area contributed by atoms with Crippen LogP contribution in [0, 0.1) is 19.7 Å². The Balaban J connectivity index is 1.88. The maximum Gasteiger partial charge on any atom is 0.238 e. The number of nitrogens with one attached hydrogen (secondary N) is 2. The summed E-state index contributed by atoms with van der Waals surface area (Å²) in [7, 11) is 1.83. The van der Waals surface area contributed by atoms with Gasteiger partial charge in [0.15, 0.2) is 0 Å². The van der Waals surface area contributed by atoms with Crippen molar-refractivity contribution in [2.24, 2.45) is 0 Å². The minimum Gasteiger partial charge on any atom is -0.370 e. The van der Waals surface area contributed by atoms with Crippen molar-refractivity contribution in [1.29, 1.82) is 0 Å². The van der Waals surface area contributed by atoms with Crippen molar-refractivity contribution in [3.05, 3.63) is 53.3 Å². The average Bonchev–Trinajstić information content (AvgIpc) is 2.73. The van der Waals surface area contributed by atoms with E-state index in [0.29, 0.717) is 24.5 Å². The first kappa shape index (κ1) is 25.3. The van der Waals surface area contributed by atoms with E-state index in [1.54, 1.807) is 12.1 Å². The van der Waals surface area contributed by atoms with E-state index in [-0.39, 0.29) is 36.6 Å². The molecule has 0 saturated heterocycles. The lowest BCUT2D eigenvalue weighted by Gasteiger charge is -2.24. The standard InChI is InChI=1S/C25H35FN4O2/c1-7-30(16-24(32)28-25-18(4)9-8-10-19(25)5)14-13-23(31)27-20-11-12-22(21(26)15-20)29(6)17(2)3/h8-12,15,17H,7,13-14,16H2,1-6H3,(H,27,31)(H,28,32). The molecule has 0 radical (unpaired) electrons. The van der Waals surface area contributed by atoms with Gasteiger partial charge in [-0.05, 0) is 63.6 Å². The molecule has 0 aliphatic rings. The molecular weight excluding hydrogens is 407 g/mol. The van der Waals surface area contributed by atoms with Gasteiger partial charge in [0.05, 0.1) is 12.2 Å². The van der Waals surface area contributed by atoms with Crippen LogP contribution in [0.2, 0.25) is 0 Å². The van der Waals surface area contributed by atoms with Crippen molar-refractivity contribution in [2.75, 3.05) is 42.2 Å². The van der Waals surface area contributed by atoms with Gasteiger partial charge in [0, 0.05) is 37.4 Å². The highest BCUT2D eigenvalue weighted by Crippen LogP contribution is 2.23. The molecule has 0 saturated carbocycles. The first-order chi connectivity index (χ1) is 15.1. The predicted octanol–water partition coefficient (Wildman–Crippen LogP) is 4.58. The Bertz CT molecular complexity index is 925. The van der Waals surface area contributed by atoms with Crippen LogP contribution in [0.25, 0.3) is 0 Å². The van der Waals surface area contributed by atoms with E-state index < -0.39 is 0 Å². The van der Waals surface area contributed by atoms with Crippen LogP contribution in [-0.2, 0) is 9.59 Å². The third kappa shape index (κ3) is 7.05. The van der Waals surface area contributed by atoms with Gasteiger partial charge in [0.25, 0.3) is 0 Å². The number of aryl methyl sites for hydroxylation is 2. The quantitative estimate of drug-likeness (QED) is 0.566. The van der Waals surface area contributed by atoms with Crippen LogP contribution in [0.3, 0.4) is 0 Å². The number of likely N-dealkylation sites (N-methyl/N-ethyl adjacent to an activating group) is 1. The van der Waals surface area contributed by atoms with E-state index in [1.165, 1.54) is 6.07 Å². The fraction of sp³-hybridized carbons (Fsp3) is 0.440. The fourth-order valence-electron chi connectivity index (χ4n) is 3.37. The Morgan fingerprint density at radius 1 is 1.03 bits per heavy atom. The fourth-order valence-corrected chi connectivity index (χ4v) is 3.37. The van der Waals surface area contributed by atoms with Gasteiger partial charge in [0.2, 0.25) is 11.8 Å². The van der Waals surface area contributed by atoms with Crippen LogP contribution >= 0.6 is 0 Å². The molecule has 0 bridgehead atoms. The van der Waals surface area contributed by atoms with E-state index in [4.69, 9.17) is 0 Å². The molecule has 2 N–H and O–H groups in total.